The lowest BCUT2D eigenvalue weighted by Crippen LogP contribution is -2.20. The Hall–Kier alpha value is -2.76. The lowest BCUT2D eigenvalue weighted by atomic mass is 10.2. The van der Waals surface area contributed by atoms with Crippen molar-refractivity contribution in [1.82, 2.24) is 19.7 Å². The lowest BCUT2D eigenvalue weighted by molar-refractivity contribution is 0.620. The van der Waals surface area contributed by atoms with Crippen LogP contribution >= 0.6 is 0 Å². The zero-order valence-electron chi connectivity index (χ0n) is 13.7. The minimum absolute atomic E-state index is 0.217. The van der Waals surface area contributed by atoms with Gasteiger partial charge in [0.2, 0.25) is 0 Å². The summed E-state index contributed by atoms with van der Waals surface area (Å²) in [7, 11) is 0. The van der Waals surface area contributed by atoms with Crippen LogP contribution in [-0.2, 0) is 19.6 Å². The molecule has 0 amide bonds. The van der Waals surface area contributed by atoms with E-state index in [0.29, 0.717) is 6.54 Å². The number of hydrogen-bond donors (Lipinski definition) is 0. The highest BCUT2D eigenvalue weighted by molar-refractivity contribution is 5.51. The first-order valence-electron chi connectivity index (χ1n) is 7.93. The summed E-state index contributed by atoms with van der Waals surface area (Å²) in [5, 5.41) is 4.49. The summed E-state index contributed by atoms with van der Waals surface area (Å²) < 4.78 is 15.0. The highest BCUT2D eigenvalue weighted by Gasteiger charge is 2.26. The molecular formula is C18H18FN5. The average Bonchev–Trinajstić information content (AvgIpc) is 3.14. The van der Waals surface area contributed by atoms with Crippen molar-refractivity contribution in [3.05, 3.63) is 70.7 Å². The molecule has 0 radical (unpaired) electrons. The summed E-state index contributed by atoms with van der Waals surface area (Å²) in [5.74, 6) is 0.761. The zero-order chi connectivity index (χ0) is 16.7. The van der Waals surface area contributed by atoms with E-state index in [1.54, 1.807) is 18.5 Å². The molecular weight excluding hydrogens is 305 g/mol. The van der Waals surface area contributed by atoms with Gasteiger partial charge in [0.25, 0.3) is 0 Å². The van der Waals surface area contributed by atoms with Crippen molar-refractivity contribution < 1.29 is 4.39 Å². The van der Waals surface area contributed by atoms with Gasteiger partial charge in [-0.25, -0.2) is 14.4 Å². The molecule has 6 heteroatoms. The molecule has 0 spiro atoms. The maximum absolute atomic E-state index is 13.1. The van der Waals surface area contributed by atoms with Crippen LogP contribution in [0.5, 0.6) is 0 Å². The van der Waals surface area contributed by atoms with E-state index in [0.717, 1.165) is 35.7 Å². The fraction of sp³-hybridized carbons (Fsp3) is 0.278. The summed E-state index contributed by atoms with van der Waals surface area (Å²) in [6.45, 7) is 6.27. The number of fused-ring (bicyclic) bond motifs is 1. The second-order valence-corrected chi connectivity index (χ2v) is 6.16. The van der Waals surface area contributed by atoms with E-state index in [1.165, 1.54) is 23.4 Å². The molecule has 1 aliphatic rings. The molecule has 5 nitrogen and oxygen atoms in total. The predicted octanol–water partition coefficient (Wildman–Crippen LogP) is 3.00. The second kappa shape index (κ2) is 5.70. The average molecular weight is 323 g/mol. The van der Waals surface area contributed by atoms with E-state index in [2.05, 4.69) is 26.9 Å². The third kappa shape index (κ3) is 2.54. The van der Waals surface area contributed by atoms with Gasteiger partial charge in [-0.2, -0.15) is 5.10 Å². The molecule has 0 fully saturated rings. The molecule has 1 aliphatic heterocycles. The maximum Gasteiger partial charge on any atom is 0.135 e. The van der Waals surface area contributed by atoms with E-state index in [9.17, 15) is 4.39 Å². The van der Waals surface area contributed by atoms with Gasteiger partial charge in [0.05, 0.1) is 25.0 Å². The van der Waals surface area contributed by atoms with Gasteiger partial charge < -0.3 is 4.90 Å². The molecule has 3 aromatic rings. The van der Waals surface area contributed by atoms with Crippen molar-refractivity contribution in [1.29, 1.82) is 0 Å². The molecule has 3 heterocycles. The SMILES string of the molecule is Cc1ncnc(N2Cc3cnn(Cc4ccc(F)cc4)c3C2)c1C. The first-order chi connectivity index (χ1) is 11.6. The molecule has 0 atom stereocenters. The van der Waals surface area contributed by atoms with Gasteiger partial charge in [-0.3, -0.25) is 4.68 Å². The monoisotopic (exact) mass is 323 g/mol. The number of hydrogen-bond acceptors (Lipinski definition) is 4. The van der Waals surface area contributed by atoms with Crippen LogP contribution in [0.25, 0.3) is 0 Å². The molecule has 2 aromatic heterocycles. The lowest BCUT2D eigenvalue weighted by Gasteiger charge is -2.19. The fourth-order valence-electron chi connectivity index (χ4n) is 3.10. The second-order valence-electron chi connectivity index (χ2n) is 6.16. The molecule has 0 N–H and O–H groups in total. The summed E-state index contributed by atoms with van der Waals surface area (Å²) >= 11 is 0. The van der Waals surface area contributed by atoms with Crippen LogP contribution in [0.3, 0.4) is 0 Å². The standard InChI is InChI=1S/C18H18FN5/c1-12-13(2)20-11-21-18(12)23-9-15-7-22-24(17(15)10-23)8-14-3-5-16(19)6-4-14/h3-7,11H,8-10H2,1-2H3. The molecule has 24 heavy (non-hydrogen) atoms. The summed E-state index contributed by atoms with van der Waals surface area (Å²) in [6, 6.07) is 6.57. The van der Waals surface area contributed by atoms with Gasteiger partial charge in [0.1, 0.15) is 18.0 Å². The van der Waals surface area contributed by atoms with Crippen LogP contribution in [0.1, 0.15) is 28.1 Å². The van der Waals surface area contributed by atoms with Gasteiger partial charge in [0.15, 0.2) is 0 Å². The number of aromatic nitrogens is 4. The van der Waals surface area contributed by atoms with Crippen molar-refractivity contribution in [2.45, 2.75) is 33.5 Å². The van der Waals surface area contributed by atoms with Gasteiger partial charge in [-0.1, -0.05) is 12.1 Å². The minimum atomic E-state index is -0.217. The summed E-state index contributed by atoms with van der Waals surface area (Å²) in [6.07, 6.45) is 3.54. The Morgan fingerprint density at radius 3 is 2.67 bits per heavy atom. The van der Waals surface area contributed by atoms with E-state index in [-0.39, 0.29) is 5.82 Å². The number of anilines is 1. The van der Waals surface area contributed by atoms with Crippen LogP contribution in [0.2, 0.25) is 0 Å². The predicted molar refractivity (Wildman–Crippen MR) is 89.1 cm³/mol. The van der Waals surface area contributed by atoms with Crippen molar-refractivity contribution in [3.8, 4) is 0 Å². The van der Waals surface area contributed by atoms with Crippen molar-refractivity contribution in [2.24, 2.45) is 0 Å². The maximum atomic E-state index is 13.1. The Morgan fingerprint density at radius 1 is 1.08 bits per heavy atom. The van der Waals surface area contributed by atoms with Crippen molar-refractivity contribution >= 4 is 5.82 Å². The van der Waals surface area contributed by atoms with E-state index < -0.39 is 0 Å². The Morgan fingerprint density at radius 2 is 1.88 bits per heavy atom. The smallest absolute Gasteiger partial charge is 0.135 e. The highest BCUT2D eigenvalue weighted by atomic mass is 19.1. The van der Waals surface area contributed by atoms with Crippen LogP contribution in [0.4, 0.5) is 10.2 Å². The third-order valence-electron chi connectivity index (χ3n) is 4.59. The molecule has 0 aliphatic carbocycles. The zero-order valence-corrected chi connectivity index (χ0v) is 13.7. The molecule has 0 saturated carbocycles. The number of aryl methyl sites for hydroxylation is 1. The largest absolute Gasteiger partial charge is 0.346 e. The van der Waals surface area contributed by atoms with E-state index >= 15 is 0 Å². The number of rotatable bonds is 3. The first-order valence-corrected chi connectivity index (χ1v) is 7.93. The number of halogens is 1. The topological polar surface area (TPSA) is 46.8 Å². The highest BCUT2D eigenvalue weighted by Crippen LogP contribution is 2.29. The van der Waals surface area contributed by atoms with Gasteiger partial charge in [-0.05, 0) is 31.5 Å². The fourth-order valence-corrected chi connectivity index (χ4v) is 3.10. The minimum Gasteiger partial charge on any atom is -0.346 e. The van der Waals surface area contributed by atoms with Crippen LogP contribution in [-0.4, -0.2) is 19.7 Å². The Balaban J connectivity index is 1.58. The van der Waals surface area contributed by atoms with Gasteiger partial charge >= 0.3 is 0 Å². The normalized spacial score (nSPS) is 13.4. The molecule has 122 valence electrons. The molecule has 0 bridgehead atoms. The summed E-state index contributed by atoms with van der Waals surface area (Å²) in [5.41, 5.74) is 5.56. The molecule has 0 saturated heterocycles. The molecule has 4 rings (SSSR count). The molecule has 1 aromatic carbocycles. The van der Waals surface area contributed by atoms with Crippen molar-refractivity contribution in [3.63, 3.8) is 0 Å². The molecule has 0 unspecified atom stereocenters. The van der Waals surface area contributed by atoms with Crippen molar-refractivity contribution in [2.75, 3.05) is 4.90 Å². The Labute approximate surface area is 139 Å². The van der Waals surface area contributed by atoms with Gasteiger partial charge in [-0.15, -0.1) is 0 Å². The number of nitrogens with zero attached hydrogens (tertiary/aromatic N) is 5. The summed E-state index contributed by atoms with van der Waals surface area (Å²) in [4.78, 5) is 10.9. The van der Waals surface area contributed by atoms with E-state index in [4.69, 9.17) is 0 Å². The van der Waals surface area contributed by atoms with Crippen LogP contribution in [0.15, 0.2) is 36.8 Å². The third-order valence-corrected chi connectivity index (χ3v) is 4.59. The van der Waals surface area contributed by atoms with Gasteiger partial charge in [0, 0.05) is 23.4 Å². The number of benzene rings is 1. The Kier molecular flexibility index (Phi) is 3.52. The quantitative estimate of drug-likeness (QED) is 0.743. The van der Waals surface area contributed by atoms with Crippen LogP contribution < -0.4 is 4.90 Å². The van der Waals surface area contributed by atoms with E-state index in [1.807, 2.05) is 17.8 Å². The van der Waals surface area contributed by atoms with Crippen LogP contribution in [0, 0.1) is 19.7 Å². The first kappa shape index (κ1) is 14.8. The Bertz CT molecular complexity index is 885.